The molecular weight excluding hydrogens is 238 g/mol. The van der Waals surface area contributed by atoms with Crippen LogP contribution in [0, 0.1) is 0 Å². The van der Waals surface area contributed by atoms with Crippen LogP contribution in [0.1, 0.15) is 11.4 Å². The summed E-state index contributed by atoms with van der Waals surface area (Å²) in [6.45, 7) is 0. The van der Waals surface area contributed by atoms with Crippen molar-refractivity contribution in [1.29, 1.82) is 0 Å². The molecule has 0 atom stereocenters. The van der Waals surface area contributed by atoms with Crippen LogP contribution in [0.3, 0.4) is 0 Å². The lowest BCUT2D eigenvalue weighted by Gasteiger charge is -1.97. The summed E-state index contributed by atoms with van der Waals surface area (Å²) < 4.78 is 0. The van der Waals surface area contributed by atoms with E-state index in [-0.39, 0.29) is 5.56 Å². The van der Waals surface area contributed by atoms with Crippen molar-refractivity contribution in [2.24, 2.45) is 0 Å². The third-order valence-electron chi connectivity index (χ3n) is 2.73. The zero-order valence-corrected chi connectivity index (χ0v) is 10.1. The van der Waals surface area contributed by atoms with Gasteiger partial charge in [0.25, 0.3) is 5.56 Å². The molecule has 19 heavy (non-hydrogen) atoms. The molecule has 0 aliphatic carbocycles. The Morgan fingerprint density at radius 1 is 1.00 bits per heavy atom. The van der Waals surface area contributed by atoms with Crippen LogP contribution in [0.25, 0.3) is 23.2 Å². The molecule has 0 amide bonds. The number of rotatable bonds is 2. The van der Waals surface area contributed by atoms with Crippen LogP contribution < -0.4 is 5.56 Å². The van der Waals surface area contributed by atoms with Crippen molar-refractivity contribution in [3.05, 3.63) is 70.4 Å². The minimum absolute atomic E-state index is 0.175. The molecule has 0 aliphatic rings. The maximum absolute atomic E-state index is 11.8. The normalized spacial score (nSPS) is 11.2. The van der Waals surface area contributed by atoms with Gasteiger partial charge in [-0.25, -0.2) is 9.97 Å². The maximum Gasteiger partial charge on any atom is 0.260 e. The second kappa shape index (κ2) is 4.86. The van der Waals surface area contributed by atoms with Crippen LogP contribution in [0.15, 0.2) is 53.5 Å². The van der Waals surface area contributed by atoms with Gasteiger partial charge in [-0.05, 0) is 23.8 Å². The van der Waals surface area contributed by atoms with E-state index in [4.69, 9.17) is 0 Å². The van der Waals surface area contributed by atoms with Crippen molar-refractivity contribution in [1.82, 2.24) is 15.0 Å². The van der Waals surface area contributed by atoms with E-state index in [1.54, 1.807) is 24.4 Å². The molecule has 0 bridgehead atoms. The van der Waals surface area contributed by atoms with Gasteiger partial charge in [0, 0.05) is 6.20 Å². The van der Waals surface area contributed by atoms with E-state index in [0.29, 0.717) is 16.9 Å². The number of nitrogens with zero attached hydrogens (tertiary/aromatic N) is 2. The predicted molar refractivity (Wildman–Crippen MR) is 75.5 cm³/mol. The molecule has 0 spiro atoms. The molecule has 1 N–H and O–H groups in total. The molecule has 0 radical (unpaired) electrons. The molecule has 4 heteroatoms. The SMILES string of the molecule is O=c1[nH]c(/C=C/c2ccccc2)nc2ncccc12. The molecule has 0 aliphatic heterocycles. The zero-order chi connectivity index (χ0) is 13.1. The highest BCUT2D eigenvalue weighted by molar-refractivity contribution is 5.75. The predicted octanol–water partition coefficient (Wildman–Crippen LogP) is 2.49. The second-order valence-corrected chi connectivity index (χ2v) is 4.07. The lowest BCUT2D eigenvalue weighted by atomic mass is 10.2. The Balaban J connectivity index is 2.02. The van der Waals surface area contributed by atoms with Crippen LogP contribution >= 0.6 is 0 Å². The molecule has 3 rings (SSSR count). The largest absolute Gasteiger partial charge is 0.306 e. The van der Waals surface area contributed by atoms with Crippen LogP contribution in [0.2, 0.25) is 0 Å². The Hall–Kier alpha value is -2.75. The summed E-state index contributed by atoms with van der Waals surface area (Å²) in [4.78, 5) is 23.0. The zero-order valence-electron chi connectivity index (χ0n) is 10.1. The summed E-state index contributed by atoms with van der Waals surface area (Å²) in [7, 11) is 0. The van der Waals surface area contributed by atoms with E-state index >= 15 is 0 Å². The monoisotopic (exact) mass is 249 g/mol. The first-order valence-corrected chi connectivity index (χ1v) is 5.91. The molecule has 0 fully saturated rings. The Labute approximate surface area is 109 Å². The number of fused-ring (bicyclic) bond motifs is 1. The van der Waals surface area contributed by atoms with Crippen molar-refractivity contribution in [3.63, 3.8) is 0 Å². The summed E-state index contributed by atoms with van der Waals surface area (Å²) in [6.07, 6.45) is 5.29. The van der Waals surface area contributed by atoms with Gasteiger partial charge in [-0.3, -0.25) is 4.79 Å². The highest BCUT2D eigenvalue weighted by Gasteiger charge is 2.01. The van der Waals surface area contributed by atoms with Gasteiger partial charge in [0.15, 0.2) is 5.65 Å². The molecule has 2 aromatic heterocycles. The molecular formula is C15H11N3O. The first kappa shape index (κ1) is 11.3. The third kappa shape index (κ3) is 2.42. The lowest BCUT2D eigenvalue weighted by molar-refractivity contribution is 1.11. The van der Waals surface area contributed by atoms with Gasteiger partial charge < -0.3 is 4.98 Å². The lowest BCUT2D eigenvalue weighted by Crippen LogP contribution is -2.10. The fourth-order valence-corrected chi connectivity index (χ4v) is 1.81. The smallest absolute Gasteiger partial charge is 0.260 e. The van der Waals surface area contributed by atoms with E-state index in [0.717, 1.165) is 5.56 Å². The van der Waals surface area contributed by atoms with Crippen molar-refractivity contribution in [2.45, 2.75) is 0 Å². The summed E-state index contributed by atoms with van der Waals surface area (Å²) in [5, 5.41) is 0.499. The molecule has 92 valence electrons. The summed E-state index contributed by atoms with van der Waals surface area (Å²) >= 11 is 0. The molecule has 0 unspecified atom stereocenters. The van der Waals surface area contributed by atoms with Crippen LogP contribution in [0.5, 0.6) is 0 Å². The average molecular weight is 249 g/mol. The van der Waals surface area contributed by atoms with E-state index in [2.05, 4.69) is 15.0 Å². The van der Waals surface area contributed by atoms with Gasteiger partial charge in [0.1, 0.15) is 5.82 Å². The number of nitrogens with one attached hydrogen (secondary N) is 1. The molecule has 2 heterocycles. The van der Waals surface area contributed by atoms with Gasteiger partial charge in [-0.2, -0.15) is 0 Å². The van der Waals surface area contributed by atoms with Gasteiger partial charge >= 0.3 is 0 Å². The fourth-order valence-electron chi connectivity index (χ4n) is 1.81. The first-order valence-electron chi connectivity index (χ1n) is 5.91. The highest BCUT2D eigenvalue weighted by Crippen LogP contribution is 2.06. The van der Waals surface area contributed by atoms with Crippen LogP contribution in [-0.4, -0.2) is 15.0 Å². The van der Waals surface area contributed by atoms with Gasteiger partial charge in [-0.1, -0.05) is 36.4 Å². The Morgan fingerprint density at radius 2 is 1.84 bits per heavy atom. The number of pyridine rings is 1. The first-order chi connectivity index (χ1) is 9.33. The maximum atomic E-state index is 11.8. The van der Waals surface area contributed by atoms with Crippen molar-refractivity contribution < 1.29 is 0 Å². The number of aromatic amines is 1. The molecule has 0 saturated carbocycles. The van der Waals surface area contributed by atoms with E-state index in [1.807, 2.05) is 36.4 Å². The van der Waals surface area contributed by atoms with E-state index in [1.165, 1.54) is 0 Å². The quantitative estimate of drug-likeness (QED) is 0.759. The fraction of sp³-hybridized carbons (Fsp3) is 0. The molecule has 4 nitrogen and oxygen atoms in total. The Kier molecular flexibility index (Phi) is 2.90. The van der Waals surface area contributed by atoms with Gasteiger partial charge in [-0.15, -0.1) is 0 Å². The van der Waals surface area contributed by atoms with Crippen LogP contribution in [0.4, 0.5) is 0 Å². The third-order valence-corrected chi connectivity index (χ3v) is 2.73. The summed E-state index contributed by atoms with van der Waals surface area (Å²) in [6, 6.07) is 13.3. The summed E-state index contributed by atoms with van der Waals surface area (Å²) in [5.41, 5.74) is 1.33. The standard InChI is InChI=1S/C15H11N3O/c19-15-12-7-4-10-16-14(12)17-13(18-15)9-8-11-5-2-1-3-6-11/h1-10H,(H,16,17,18,19)/b9-8+. The number of aromatic nitrogens is 3. The second-order valence-electron chi connectivity index (χ2n) is 4.07. The number of benzene rings is 1. The Morgan fingerprint density at radius 3 is 2.68 bits per heavy atom. The summed E-state index contributed by atoms with van der Waals surface area (Å²) in [5.74, 6) is 0.500. The van der Waals surface area contributed by atoms with Crippen molar-refractivity contribution in [2.75, 3.05) is 0 Å². The van der Waals surface area contributed by atoms with E-state index < -0.39 is 0 Å². The topological polar surface area (TPSA) is 58.6 Å². The van der Waals surface area contributed by atoms with Gasteiger partial charge in [0.05, 0.1) is 5.39 Å². The van der Waals surface area contributed by atoms with Crippen molar-refractivity contribution in [3.8, 4) is 0 Å². The van der Waals surface area contributed by atoms with Crippen LogP contribution in [-0.2, 0) is 0 Å². The Bertz CT molecular complexity index is 791. The minimum Gasteiger partial charge on any atom is -0.306 e. The molecule has 1 aromatic carbocycles. The molecule has 3 aromatic rings. The highest BCUT2D eigenvalue weighted by atomic mass is 16.1. The number of H-pyrrole nitrogens is 1. The average Bonchev–Trinajstić information content (AvgIpc) is 2.46. The van der Waals surface area contributed by atoms with E-state index in [9.17, 15) is 4.79 Å². The number of hydrogen-bond donors (Lipinski definition) is 1. The minimum atomic E-state index is -0.175. The van der Waals surface area contributed by atoms with Crippen molar-refractivity contribution >= 4 is 23.2 Å². The molecule has 0 saturated heterocycles. The number of hydrogen-bond acceptors (Lipinski definition) is 3. The van der Waals surface area contributed by atoms with Gasteiger partial charge in [0.2, 0.25) is 0 Å².